The molecule has 0 spiro atoms. The van der Waals surface area contributed by atoms with Crippen LogP contribution in [0.1, 0.15) is 32.1 Å². The maximum Gasteiger partial charge on any atom is 0.326 e. The van der Waals surface area contributed by atoms with Gasteiger partial charge in [0.25, 0.3) is 0 Å². The number of carbonyl (C=O) groups is 5. The van der Waals surface area contributed by atoms with Gasteiger partial charge in [-0.05, 0) is 25.7 Å². The summed E-state index contributed by atoms with van der Waals surface area (Å²) >= 11 is 3.93. The molecule has 6 N–H and O–H groups in total. The highest BCUT2D eigenvalue weighted by Crippen LogP contribution is 2.25. The van der Waals surface area contributed by atoms with Crippen LogP contribution in [0, 0.1) is 0 Å². The molecule has 162 valence electrons. The molecule has 29 heavy (non-hydrogen) atoms. The van der Waals surface area contributed by atoms with Crippen LogP contribution in [0.4, 0.5) is 0 Å². The van der Waals surface area contributed by atoms with E-state index >= 15 is 0 Å². The van der Waals surface area contributed by atoms with E-state index in [0.717, 1.165) is 0 Å². The normalized spacial score (nSPS) is 23.5. The first-order valence-electron chi connectivity index (χ1n) is 9.46. The molecule has 2 fully saturated rings. The number of amides is 4. The van der Waals surface area contributed by atoms with E-state index in [1.165, 1.54) is 9.80 Å². The SMILES string of the molecule is NC(=O)CC(NC(=O)C(N)CS)C(=O)N1CCCC1C(=O)N1CCCC1C(=O)O. The Morgan fingerprint density at radius 2 is 1.66 bits per heavy atom. The summed E-state index contributed by atoms with van der Waals surface area (Å²) < 4.78 is 0. The quantitative estimate of drug-likeness (QED) is 0.269. The second-order valence-electron chi connectivity index (χ2n) is 7.24. The fourth-order valence-electron chi connectivity index (χ4n) is 3.73. The molecule has 4 atom stereocenters. The van der Waals surface area contributed by atoms with E-state index in [2.05, 4.69) is 17.9 Å². The summed E-state index contributed by atoms with van der Waals surface area (Å²) in [7, 11) is 0. The first-order valence-corrected chi connectivity index (χ1v) is 10.1. The molecular weight excluding hydrogens is 402 g/mol. The van der Waals surface area contributed by atoms with Crippen molar-refractivity contribution in [2.24, 2.45) is 11.5 Å². The molecule has 0 saturated carbocycles. The van der Waals surface area contributed by atoms with E-state index in [4.69, 9.17) is 11.5 Å². The summed E-state index contributed by atoms with van der Waals surface area (Å²) in [4.78, 5) is 63.5. The third-order valence-corrected chi connectivity index (χ3v) is 5.59. The second-order valence-corrected chi connectivity index (χ2v) is 7.60. The van der Waals surface area contributed by atoms with Crippen LogP contribution in [0.25, 0.3) is 0 Å². The third-order valence-electron chi connectivity index (χ3n) is 5.20. The molecule has 4 amide bonds. The smallest absolute Gasteiger partial charge is 0.326 e. The Balaban J connectivity index is 2.16. The fourth-order valence-corrected chi connectivity index (χ4v) is 3.89. The molecule has 0 aromatic rings. The molecule has 11 nitrogen and oxygen atoms in total. The lowest BCUT2D eigenvalue weighted by Crippen LogP contribution is -2.57. The second kappa shape index (κ2) is 9.92. The Labute approximate surface area is 173 Å². The monoisotopic (exact) mass is 429 g/mol. The number of carboxylic acids is 1. The first-order chi connectivity index (χ1) is 13.7. The molecular formula is C17H27N5O6S. The van der Waals surface area contributed by atoms with Crippen molar-refractivity contribution in [3.8, 4) is 0 Å². The maximum atomic E-state index is 13.0. The van der Waals surface area contributed by atoms with Crippen LogP contribution >= 0.6 is 12.6 Å². The number of primary amides is 1. The van der Waals surface area contributed by atoms with Crippen LogP contribution in [-0.4, -0.2) is 87.5 Å². The third kappa shape index (κ3) is 5.38. The van der Waals surface area contributed by atoms with Crippen LogP contribution in [0.3, 0.4) is 0 Å². The number of hydrogen-bond acceptors (Lipinski definition) is 7. The van der Waals surface area contributed by atoms with Crippen LogP contribution in [-0.2, 0) is 24.0 Å². The van der Waals surface area contributed by atoms with Gasteiger partial charge in [0.15, 0.2) is 0 Å². The Kier molecular flexibility index (Phi) is 7.85. The van der Waals surface area contributed by atoms with Crippen molar-refractivity contribution in [2.75, 3.05) is 18.8 Å². The summed E-state index contributed by atoms with van der Waals surface area (Å²) in [5.41, 5.74) is 10.8. The Morgan fingerprint density at radius 1 is 1.07 bits per heavy atom. The maximum absolute atomic E-state index is 13.0. The highest BCUT2D eigenvalue weighted by Gasteiger charge is 2.43. The van der Waals surface area contributed by atoms with Crippen LogP contribution < -0.4 is 16.8 Å². The van der Waals surface area contributed by atoms with Crippen molar-refractivity contribution >= 4 is 42.2 Å². The van der Waals surface area contributed by atoms with Crippen molar-refractivity contribution in [1.82, 2.24) is 15.1 Å². The number of aliphatic carboxylic acids is 1. The van der Waals surface area contributed by atoms with Crippen molar-refractivity contribution in [2.45, 2.75) is 56.3 Å². The summed E-state index contributed by atoms with van der Waals surface area (Å²) in [5, 5.41) is 11.7. The zero-order valence-corrected chi connectivity index (χ0v) is 16.8. The molecule has 0 bridgehead atoms. The largest absolute Gasteiger partial charge is 0.480 e. The van der Waals surface area contributed by atoms with Gasteiger partial charge < -0.3 is 31.7 Å². The number of nitrogens with two attached hydrogens (primary N) is 2. The van der Waals surface area contributed by atoms with Gasteiger partial charge in [-0.25, -0.2) is 4.79 Å². The fraction of sp³-hybridized carbons (Fsp3) is 0.706. The van der Waals surface area contributed by atoms with Crippen molar-refractivity contribution < 1.29 is 29.1 Å². The topological polar surface area (TPSA) is 176 Å². The summed E-state index contributed by atoms with van der Waals surface area (Å²) in [6.07, 6.45) is 1.42. The van der Waals surface area contributed by atoms with Gasteiger partial charge >= 0.3 is 5.97 Å². The molecule has 2 aliphatic heterocycles. The minimum absolute atomic E-state index is 0.0413. The van der Waals surface area contributed by atoms with Gasteiger partial charge in [-0.3, -0.25) is 19.2 Å². The Hall–Kier alpha value is -2.34. The minimum Gasteiger partial charge on any atom is -0.480 e. The van der Waals surface area contributed by atoms with E-state index in [-0.39, 0.29) is 12.3 Å². The average molecular weight is 429 g/mol. The van der Waals surface area contributed by atoms with Gasteiger partial charge in [-0.1, -0.05) is 0 Å². The van der Waals surface area contributed by atoms with E-state index in [1.54, 1.807) is 0 Å². The highest BCUT2D eigenvalue weighted by atomic mass is 32.1. The standard InChI is InChI=1S/C17H27N5O6S/c18-9(8-29)14(24)20-10(7-13(19)23)15(25)21-5-1-3-11(21)16(26)22-6-2-4-12(22)17(27)28/h9-12,29H,1-8,18H2,(H2,19,23)(H,20,24)(H,27,28). The average Bonchev–Trinajstić information content (AvgIpc) is 3.34. The number of thiol groups is 1. The number of nitrogens with one attached hydrogen (secondary N) is 1. The minimum atomic E-state index is -1.26. The first kappa shape index (κ1) is 22.9. The Morgan fingerprint density at radius 3 is 2.21 bits per heavy atom. The van der Waals surface area contributed by atoms with E-state index in [9.17, 15) is 29.1 Å². The van der Waals surface area contributed by atoms with Crippen LogP contribution in [0.2, 0.25) is 0 Å². The van der Waals surface area contributed by atoms with Crippen molar-refractivity contribution in [3.63, 3.8) is 0 Å². The zero-order valence-electron chi connectivity index (χ0n) is 16.0. The molecule has 0 aromatic heterocycles. The molecule has 2 rings (SSSR count). The van der Waals surface area contributed by atoms with Gasteiger partial charge in [-0.2, -0.15) is 12.6 Å². The number of carbonyl (C=O) groups excluding carboxylic acids is 4. The van der Waals surface area contributed by atoms with Gasteiger partial charge in [0.2, 0.25) is 23.6 Å². The lowest BCUT2D eigenvalue weighted by Gasteiger charge is -2.32. The Bertz CT molecular complexity index is 689. The number of rotatable bonds is 8. The number of hydrogen-bond donors (Lipinski definition) is 5. The predicted molar refractivity (Wildman–Crippen MR) is 105 cm³/mol. The van der Waals surface area contributed by atoms with Gasteiger partial charge in [-0.15, -0.1) is 0 Å². The summed E-state index contributed by atoms with van der Waals surface area (Å²) in [5.74, 6) is -3.55. The molecule has 0 aromatic carbocycles. The number of nitrogens with zero attached hydrogens (tertiary/aromatic N) is 2. The van der Waals surface area contributed by atoms with Gasteiger partial charge in [0.1, 0.15) is 18.1 Å². The molecule has 2 saturated heterocycles. The van der Waals surface area contributed by atoms with E-state index in [0.29, 0.717) is 32.2 Å². The van der Waals surface area contributed by atoms with E-state index in [1.807, 2.05) is 0 Å². The highest BCUT2D eigenvalue weighted by molar-refractivity contribution is 7.80. The van der Waals surface area contributed by atoms with Crippen molar-refractivity contribution in [3.05, 3.63) is 0 Å². The van der Waals surface area contributed by atoms with Gasteiger partial charge in [0, 0.05) is 18.8 Å². The van der Waals surface area contributed by atoms with Crippen LogP contribution in [0.5, 0.6) is 0 Å². The lowest BCUT2D eigenvalue weighted by molar-refractivity contribution is -0.152. The summed E-state index contributed by atoms with van der Waals surface area (Å²) in [6, 6.07) is -3.98. The molecule has 0 aliphatic carbocycles. The number of carboxylic acid groups (broad SMARTS) is 1. The predicted octanol–water partition coefficient (Wildman–Crippen LogP) is -2.33. The lowest BCUT2D eigenvalue weighted by atomic mass is 10.1. The zero-order chi connectivity index (χ0) is 21.7. The molecule has 4 unspecified atom stereocenters. The van der Waals surface area contributed by atoms with Gasteiger partial charge in [0.05, 0.1) is 12.5 Å². The summed E-state index contributed by atoms with van der Waals surface area (Å²) in [6.45, 7) is 0.567. The molecule has 12 heteroatoms. The van der Waals surface area contributed by atoms with Crippen LogP contribution in [0.15, 0.2) is 0 Å². The van der Waals surface area contributed by atoms with Crippen molar-refractivity contribution in [1.29, 1.82) is 0 Å². The number of likely N-dealkylation sites (tertiary alicyclic amines) is 2. The molecule has 2 aliphatic rings. The van der Waals surface area contributed by atoms with E-state index < -0.39 is 60.2 Å². The molecule has 2 heterocycles. The molecule has 0 radical (unpaired) electrons.